The lowest BCUT2D eigenvalue weighted by atomic mass is 9.99. The highest BCUT2D eigenvalue weighted by Gasteiger charge is 2.22. The van der Waals surface area contributed by atoms with Crippen molar-refractivity contribution < 1.29 is 0 Å². The van der Waals surface area contributed by atoms with Gasteiger partial charge in [-0.15, -0.1) is 0 Å². The normalized spacial score (nSPS) is 18.7. The number of hydrogen-bond donors (Lipinski definition) is 1. The van der Waals surface area contributed by atoms with Gasteiger partial charge in [0, 0.05) is 12.2 Å². The SMILES string of the molecule is Cc1ccnc(Cl)c1NC(C)C1CCCC1. The molecule has 3 heteroatoms. The first kappa shape index (κ1) is 11.7. The highest BCUT2D eigenvalue weighted by molar-refractivity contribution is 6.32. The summed E-state index contributed by atoms with van der Waals surface area (Å²) in [6, 6.07) is 2.48. The number of pyridine rings is 1. The quantitative estimate of drug-likeness (QED) is 0.805. The first-order chi connectivity index (χ1) is 7.68. The minimum absolute atomic E-state index is 0.489. The van der Waals surface area contributed by atoms with Crippen LogP contribution in [0.2, 0.25) is 5.15 Å². The lowest BCUT2D eigenvalue weighted by Crippen LogP contribution is -2.24. The number of nitrogens with zero attached hydrogens (tertiary/aromatic N) is 1. The van der Waals surface area contributed by atoms with Crippen LogP contribution in [0.5, 0.6) is 0 Å². The van der Waals surface area contributed by atoms with E-state index in [9.17, 15) is 0 Å². The maximum atomic E-state index is 6.11. The van der Waals surface area contributed by atoms with Crippen molar-refractivity contribution in [1.29, 1.82) is 0 Å². The molecule has 2 rings (SSSR count). The predicted molar refractivity (Wildman–Crippen MR) is 69.0 cm³/mol. The van der Waals surface area contributed by atoms with Gasteiger partial charge in [0.15, 0.2) is 5.15 Å². The van der Waals surface area contributed by atoms with E-state index in [4.69, 9.17) is 11.6 Å². The first-order valence-corrected chi connectivity index (χ1v) is 6.44. The smallest absolute Gasteiger partial charge is 0.152 e. The summed E-state index contributed by atoms with van der Waals surface area (Å²) in [7, 11) is 0. The van der Waals surface area contributed by atoms with Gasteiger partial charge in [-0.25, -0.2) is 4.98 Å². The molecule has 1 unspecified atom stereocenters. The number of aromatic nitrogens is 1. The molecule has 1 heterocycles. The summed E-state index contributed by atoms with van der Waals surface area (Å²) in [5, 5.41) is 4.11. The van der Waals surface area contributed by atoms with Crippen LogP contribution in [0.3, 0.4) is 0 Å². The molecule has 2 nitrogen and oxygen atoms in total. The Labute approximate surface area is 102 Å². The van der Waals surface area contributed by atoms with Crippen LogP contribution in [0.1, 0.15) is 38.2 Å². The van der Waals surface area contributed by atoms with Crippen molar-refractivity contribution in [2.45, 2.75) is 45.6 Å². The summed E-state index contributed by atoms with van der Waals surface area (Å²) in [5.41, 5.74) is 2.17. The summed E-state index contributed by atoms with van der Waals surface area (Å²) in [5.74, 6) is 0.788. The molecule has 0 spiro atoms. The third kappa shape index (κ3) is 2.49. The Bertz CT molecular complexity index is 339. The van der Waals surface area contributed by atoms with Crippen molar-refractivity contribution in [3.63, 3.8) is 0 Å². The van der Waals surface area contributed by atoms with Crippen molar-refractivity contribution in [1.82, 2.24) is 4.98 Å². The molecule has 1 saturated carbocycles. The lowest BCUT2D eigenvalue weighted by Gasteiger charge is -2.23. The Balaban J connectivity index is 2.07. The molecule has 1 fully saturated rings. The lowest BCUT2D eigenvalue weighted by molar-refractivity contribution is 0.482. The molecule has 0 saturated heterocycles. The molecule has 1 aromatic heterocycles. The summed E-state index contributed by atoms with van der Waals surface area (Å²) in [6.07, 6.45) is 7.17. The zero-order valence-electron chi connectivity index (χ0n) is 9.96. The summed E-state index contributed by atoms with van der Waals surface area (Å²) in [6.45, 7) is 4.32. The number of aryl methyl sites for hydroxylation is 1. The standard InChI is InChI=1S/C13H19ClN2/c1-9-7-8-15-13(14)12(9)16-10(2)11-5-3-4-6-11/h7-8,10-11,16H,3-6H2,1-2H3. The van der Waals surface area contributed by atoms with E-state index in [-0.39, 0.29) is 0 Å². The average Bonchev–Trinajstić information content (AvgIpc) is 2.76. The summed E-state index contributed by atoms with van der Waals surface area (Å²) >= 11 is 6.11. The fraction of sp³-hybridized carbons (Fsp3) is 0.615. The van der Waals surface area contributed by atoms with E-state index in [2.05, 4.69) is 24.1 Å². The largest absolute Gasteiger partial charge is 0.380 e. The Morgan fingerprint density at radius 2 is 2.12 bits per heavy atom. The Morgan fingerprint density at radius 3 is 2.75 bits per heavy atom. The molecule has 1 N–H and O–H groups in total. The molecule has 0 aromatic carbocycles. The van der Waals surface area contributed by atoms with Crippen LogP contribution in [-0.4, -0.2) is 11.0 Å². The van der Waals surface area contributed by atoms with E-state index in [1.165, 1.54) is 31.2 Å². The number of nitrogens with one attached hydrogen (secondary N) is 1. The van der Waals surface area contributed by atoms with Crippen LogP contribution in [0, 0.1) is 12.8 Å². The Hall–Kier alpha value is -0.760. The number of rotatable bonds is 3. The second kappa shape index (κ2) is 5.05. The summed E-state index contributed by atoms with van der Waals surface area (Å²) < 4.78 is 0. The fourth-order valence-electron chi connectivity index (χ4n) is 2.50. The predicted octanol–water partition coefficient (Wildman–Crippen LogP) is 4.03. The number of halogens is 1. The molecule has 1 atom stereocenters. The maximum absolute atomic E-state index is 6.11. The molecule has 88 valence electrons. The van der Waals surface area contributed by atoms with Gasteiger partial charge < -0.3 is 5.32 Å². The van der Waals surface area contributed by atoms with Gasteiger partial charge in [-0.2, -0.15) is 0 Å². The second-order valence-corrected chi connectivity index (χ2v) is 5.13. The van der Waals surface area contributed by atoms with E-state index in [1.807, 2.05) is 6.07 Å². The topological polar surface area (TPSA) is 24.9 Å². The van der Waals surface area contributed by atoms with Crippen LogP contribution >= 0.6 is 11.6 Å². The van der Waals surface area contributed by atoms with Crippen molar-refractivity contribution in [3.8, 4) is 0 Å². The third-order valence-corrected chi connectivity index (χ3v) is 3.88. The van der Waals surface area contributed by atoms with Crippen LogP contribution in [0.25, 0.3) is 0 Å². The van der Waals surface area contributed by atoms with Crippen molar-refractivity contribution >= 4 is 17.3 Å². The molecule has 1 aromatic rings. The third-order valence-electron chi connectivity index (χ3n) is 3.59. The van der Waals surface area contributed by atoms with Gasteiger partial charge in [0.25, 0.3) is 0 Å². The highest BCUT2D eigenvalue weighted by atomic mass is 35.5. The molecule has 0 bridgehead atoms. The van der Waals surface area contributed by atoms with Crippen LogP contribution in [-0.2, 0) is 0 Å². The van der Waals surface area contributed by atoms with Gasteiger partial charge >= 0.3 is 0 Å². The molecule has 1 aliphatic rings. The van der Waals surface area contributed by atoms with E-state index in [1.54, 1.807) is 6.20 Å². The molecule has 0 radical (unpaired) electrons. The second-order valence-electron chi connectivity index (χ2n) is 4.77. The van der Waals surface area contributed by atoms with E-state index < -0.39 is 0 Å². The van der Waals surface area contributed by atoms with Gasteiger partial charge in [0.2, 0.25) is 0 Å². The van der Waals surface area contributed by atoms with Crippen molar-refractivity contribution in [2.75, 3.05) is 5.32 Å². The molecule has 16 heavy (non-hydrogen) atoms. The zero-order valence-corrected chi connectivity index (χ0v) is 10.7. The zero-order chi connectivity index (χ0) is 11.5. The Morgan fingerprint density at radius 1 is 1.44 bits per heavy atom. The van der Waals surface area contributed by atoms with Crippen LogP contribution < -0.4 is 5.32 Å². The first-order valence-electron chi connectivity index (χ1n) is 6.06. The highest BCUT2D eigenvalue weighted by Crippen LogP contribution is 2.31. The van der Waals surface area contributed by atoms with Gasteiger partial charge in [0.1, 0.15) is 0 Å². The molecule has 0 aliphatic heterocycles. The van der Waals surface area contributed by atoms with Gasteiger partial charge in [-0.1, -0.05) is 24.4 Å². The number of anilines is 1. The van der Waals surface area contributed by atoms with Crippen molar-refractivity contribution in [3.05, 3.63) is 23.0 Å². The maximum Gasteiger partial charge on any atom is 0.152 e. The molecular formula is C13H19ClN2. The van der Waals surface area contributed by atoms with Gasteiger partial charge in [0.05, 0.1) is 5.69 Å². The van der Waals surface area contributed by atoms with Gasteiger partial charge in [-0.05, 0) is 44.2 Å². The number of hydrogen-bond acceptors (Lipinski definition) is 2. The molecule has 0 amide bonds. The van der Waals surface area contributed by atoms with E-state index in [0.29, 0.717) is 11.2 Å². The fourth-order valence-corrected chi connectivity index (χ4v) is 2.76. The van der Waals surface area contributed by atoms with E-state index >= 15 is 0 Å². The van der Waals surface area contributed by atoms with Crippen molar-refractivity contribution in [2.24, 2.45) is 5.92 Å². The van der Waals surface area contributed by atoms with E-state index in [0.717, 1.165) is 11.6 Å². The van der Waals surface area contributed by atoms with Gasteiger partial charge in [-0.3, -0.25) is 0 Å². The monoisotopic (exact) mass is 238 g/mol. The molecule has 1 aliphatic carbocycles. The average molecular weight is 239 g/mol. The Kier molecular flexibility index (Phi) is 3.70. The summed E-state index contributed by atoms with van der Waals surface area (Å²) in [4.78, 5) is 4.12. The minimum Gasteiger partial charge on any atom is -0.380 e. The van der Waals surface area contributed by atoms with Crippen LogP contribution in [0.4, 0.5) is 5.69 Å². The minimum atomic E-state index is 0.489. The van der Waals surface area contributed by atoms with Crippen LogP contribution in [0.15, 0.2) is 12.3 Å². The molecular weight excluding hydrogens is 220 g/mol.